The summed E-state index contributed by atoms with van der Waals surface area (Å²) in [5.74, 6) is 0. The van der Waals surface area contributed by atoms with Crippen molar-refractivity contribution in [1.29, 1.82) is 0 Å². The van der Waals surface area contributed by atoms with E-state index in [1.807, 2.05) is 7.05 Å². The SMILES string of the molecule is C[NH+](Cc1ccc(C(F)(F)F)cc1)Cn1nnc2ccccc2c1=O. The molecule has 0 radical (unpaired) electrons. The average molecular weight is 349 g/mol. The molecule has 2 aromatic carbocycles. The van der Waals surface area contributed by atoms with Crippen molar-refractivity contribution in [1.82, 2.24) is 15.0 Å². The third-order valence-corrected chi connectivity index (χ3v) is 3.84. The predicted molar refractivity (Wildman–Crippen MR) is 85.8 cm³/mol. The van der Waals surface area contributed by atoms with E-state index in [9.17, 15) is 18.0 Å². The van der Waals surface area contributed by atoms with Crippen molar-refractivity contribution in [3.8, 4) is 0 Å². The average Bonchev–Trinajstić information content (AvgIpc) is 2.57. The fourth-order valence-electron chi connectivity index (χ4n) is 2.60. The van der Waals surface area contributed by atoms with Gasteiger partial charge in [-0.3, -0.25) is 4.79 Å². The minimum Gasteiger partial charge on any atom is -0.315 e. The fraction of sp³-hybridized carbons (Fsp3) is 0.235. The summed E-state index contributed by atoms with van der Waals surface area (Å²) in [6.07, 6.45) is -4.34. The van der Waals surface area contributed by atoms with Gasteiger partial charge in [0.25, 0.3) is 5.56 Å². The number of benzene rings is 2. The van der Waals surface area contributed by atoms with E-state index in [1.54, 1.807) is 24.3 Å². The van der Waals surface area contributed by atoms with Gasteiger partial charge in [0.15, 0.2) is 6.67 Å². The Morgan fingerprint density at radius 1 is 1.08 bits per heavy atom. The summed E-state index contributed by atoms with van der Waals surface area (Å²) in [6, 6.07) is 12.0. The highest BCUT2D eigenvalue weighted by Crippen LogP contribution is 2.28. The molecule has 0 spiro atoms. The van der Waals surface area contributed by atoms with E-state index in [1.165, 1.54) is 16.8 Å². The van der Waals surface area contributed by atoms with Crippen LogP contribution < -0.4 is 10.5 Å². The highest BCUT2D eigenvalue weighted by molar-refractivity contribution is 5.76. The maximum Gasteiger partial charge on any atom is 0.416 e. The first-order chi connectivity index (χ1) is 11.8. The molecule has 1 unspecified atom stereocenters. The zero-order valence-electron chi connectivity index (χ0n) is 13.4. The largest absolute Gasteiger partial charge is 0.416 e. The first-order valence-corrected chi connectivity index (χ1v) is 7.64. The fourth-order valence-corrected chi connectivity index (χ4v) is 2.60. The van der Waals surface area contributed by atoms with Crippen LogP contribution in [0.3, 0.4) is 0 Å². The van der Waals surface area contributed by atoms with Crippen LogP contribution in [0.5, 0.6) is 0 Å². The second-order valence-corrected chi connectivity index (χ2v) is 5.90. The van der Waals surface area contributed by atoms with Crippen LogP contribution in [0.1, 0.15) is 11.1 Å². The van der Waals surface area contributed by atoms with Gasteiger partial charge in [-0.25, -0.2) is 0 Å². The van der Waals surface area contributed by atoms with Crippen molar-refractivity contribution in [2.75, 3.05) is 7.05 Å². The van der Waals surface area contributed by atoms with Gasteiger partial charge in [-0.05, 0) is 24.3 Å². The van der Waals surface area contributed by atoms with Crippen molar-refractivity contribution in [2.45, 2.75) is 19.4 Å². The second-order valence-electron chi connectivity index (χ2n) is 5.90. The van der Waals surface area contributed by atoms with Crippen LogP contribution in [0, 0.1) is 0 Å². The number of fused-ring (bicyclic) bond motifs is 1. The normalized spacial score (nSPS) is 13.1. The third-order valence-electron chi connectivity index (χ3n) is 3.84. The molecule has 0 saturated carbocycles. The van der Waals surface area contributed by atoms with Crippen LogP contribution in [0.25, 0.3) is 10.9 Å². The Morgan fingerprint density at radius 3 is 2.44 bits per heavy atom. The minimum atomic E-state index is -4.34. The zero-order chi connectivity index (χ0) is 18.0. The molecule has 0 fully saturated rings. The quantitative estimate of drug-likeness (QED) is 0.776. The van der Waals surface area contributed by atoms with Crippen LogP contribution in [-0.2, 0) is 19.4 Å². The Balaban J connectivity index is 1.73. The number of quaternary nitrogens is 1. The number of hydrogen-bond acceptors (Lipinski definition) is 3. The monoisotopic (exact) mass is 349 g/mol. The molecule has 0 aliphatic heterocycles. The highest BCUT2D eigenvalue weighted by Gasteiger charge is 2.30. The number of halogens is 3. The highest BCUT2D eigenvalue weighted by atomic mass is 19.4. The van der Waals surface area contributed by atoms with E-state index < -0.39 is 11.7 Å². The van der Waals surface area contributed by atoms with Crippen molar-refractivity contribution in [3.05, 3.63) is 70.0 Å². The van der Waals surface area contributed by atoms with E-state index in [2.05, 4.69) is 10.3 Å². The molecule has 1 N–H and O–H groups in total. The second kappa shape index (κ2) is 6.64. The molecule has 0 saturated heterocycles. The van der Waals surface area contributed by atoms with Gasteiger partial charge in [0.2, 0.25) is 0 Å². The van der Waals surface area contributed by atoms with Crippen LogP contribution in [-0.4, -0.2) is 22.0 Å². The maximum atomic E-state index is 12.6. The Labute approximate surface area is 141 Å². The van der Waals surface area contributed by atoms with Crippen LogP contribution in [0.4, 0.5) is 13.2 Å². The predicted octanol–water partition coefficient (Wildman–Crippen LogP) is 1.48. The maximum absolute atomic E-state index is 12.6. The zero-order valence-corrected chi connectivity index (χ0v) is 13.4. The summed E-state index contributed by atoms with van der Waals surface area (Å²) in [5.41, 5.74) is 0.360. The van der Waals surface area contributed by atoms with Crippen LogP contribution >= 0.6 is 0 Å². The topological polar surface area (TPSA) is 52.2 Å². The molecule has 25 heavy (non-hydrogen) atoms. The number of aromatic nitrogens is 3. The molecule has 0 bridgehead atoms. The van der Waals surface area contributed by atoms with Gasteiger partial charge >= 0.3 is 6.18 Å². The van der Waals surface area contributed by atoms with E-state index >= 15 is 0 Å². The lowest BCUT2D eigenvalue weighted by molar-refractivity contribution is -0.917. The van der Waals surface area contributed by atoms with Crippen molar-refractivity contribution < 1.29 is 18.1 Å². The number of hydrogen-bond donors (Lipinski definition) is 1. The first kappa shape index (κ1) is 17.1. The Morgan fingerprint density at radius 2 is 1.76 bits per heavy atom. The van der Waals surface area contributed by atoms with Gasteiger partial charge < -0.3 is 4.90 Å². The van der Waals surface area contributed by atoms with E-state index in [4.69, 9.17) is 0 Å². The molecular weight excluding hydrogens is 333 g/mol. The summed E-state index contributed by atoms with van der Waals surface area (Å²) in [7, 11) is 1.83. The molecule has 1 aromatic heterocycles. The molecule has 0 aliphatic rings. The molecule has 1 heterocycles. The minimum absolute atomic E-state index is 0.239. The summed E-state index contributed by atoms with van der Waals surface area (Å²) >= 11 is 0. The summed E-state index contributed by atoms with van der Waals surface area (Å²) in [5, 5.41) is 8.42. The molecule has 0 aliphatic carbocycles. The Bertz CT molecular complexity index is 935. The number of nitrogens with zero attached hydrogens (tertiary/aromatic N) is 3. The van der Waals surface area contributed by atoms with Gasteiger partial charge in [0.1, 0.15) is 12.1 Å². The molecule has 8 heteroatoms. The van der Waals surface area contributed by atoms with Crippen molar-refractivity contribution in [3.63, 3.8) is 0 Å². The van der Waals surface area contributed by atoms with E-state index in [0.29, 0.717) is 17.4 Å². The lowest BCUT2D eigenvalue weighted by atomic mass is 10.1. The summed E-state index contributed by atoms with van der Waals surface area (Å²) in [4.78, 5) is 13.3. The lowest BCUT2D eigenvalue weighted by Crippen LogP contribution is -3.07. The summed E-state index contributed by atoms with van der Waals surface area (Å²) in [6.45, 7) is 0.719. The van der Waals surface area contributed by atoms with Crippen LogP contribution in [0.15, 0.2) is 53.3 Å². The van der Waals surface area contributed by atoms with Crippen molar-refractivity contribution >= 4 is 10.9 Å². The molecule has 0 amide bonds. The molecule has 1 atom stereocenters. The van der Waals surface area contributed by atoms with Gasteiger partial charge in [-0.1, -0.05) is 29.5 Å². The molecule has 130 valence electrons. The lowest BCUT2D eigenvalue weighted by Gasteiger charge is -2.15. The standard InChI is InChI=1S/C17H15F3N4O/c1-23(10-12-6-8-13(9-7-12)17(18,19)20)11-24-16(25)14-4-2-3-5-15(14)21-22-24/h2-9H,10-11H2,1H3/p+1. The smallest absolute Gasteiger partial charge is 0.315 e. The van der Waals surface area contributed by atoms with Gasteiger partial charge in [-0.2, -0.15) is 17.9 Å². The van der Waals surface area contributed by atoms with Gasteiger partial charge in [-0.15, -0.1) is 5.10 Å². The molecule has 5 nitrogen and oxygen atoms in total. The first-order valence-electron chi connectivity index (χ1n) is 7.64. The molecule has 3 aromatic rings. The van der Waals surface area contributed by atoms with E-state index in [0.717, 1.165) is 22.6 Å². The van der Waals surface area contributed by atoms with Crippen LogP contribution in [0.2, 0.25) is 0 Å². The summed E-state index contributed by atoms with van der Waals surface area (Å²) < 4.78 is 39.0. The molecular formula is C17H16F3N4O+. The number of alkyl halides is 3. The third kappa shape index (κ3) is 3.85. The van der Waals surface area contributed by atoms with Crippen molar-refractivity contribution in [2.24, 2.45) is 0 Å². The number of rotatable bonds is 4. The Kier molecular flexibility index (Phi) is 4.54. The molecule has 3 rings (SSSR count). The number of nitrogens with one attached hydrogen (secondary N) is 1. The Hall–Kier alpha value is -2.74. The van der Waals surface area contributed by atoms with Gasteiger partial charge in [0.05, 0.1) is 18.0 Å². The van der Waals surface area contributed by atoms with E-state index in [-0.39, 0.29) is 12.2 Å². The van der Waals surface area contributed by atoms with Gasteiger partial charge in [0, 0.05) is 5.56 Å².